The van der Waals surface area contributed by atoms with Crippen LogP contribution in [0.25, 0.3) is 11.2 Å². The Morgan fingerprint density at radius 3 is 3.12 bits per heavy atom. The van der Waals surface area contributed by atoms with Crippen LogP contribution >= 0.6 is 0 Å². The first-order valence-electron chi connectivity index (χ1n) is 5.36. The maximum atomic E-state index is 9.89. The van der Waals surface area contributed by atoms with Crippen molar-refractivity contribution in [1.29, 1.82) is 0 Å². The second kappa shape index (κ2) is 4.02. The second-order valence-corrected chi connectivity index (χ2v) is 4.02. The SMILES string of the molecule is OC[C@@H]1C[C@@H](O)[C@H](n2cnc3cncnc32)O1. The van der Waals surface area contributed by atoms with Crippen molar-refractivity contribution in [1.82, 2.24) is 19.5 Å². The maximum absolute atomic E-state index is 9.89. The average Bonchev–Trinajstić information content (AvgIpc) is 2.92. The molecule has 17 heavy (non-hydrogen) atoms. The molecule has 0 unspecified atom stereocenters. The molecule has 7 heteroatoms. The van der Waals surface area contributed by atoms with Gasteiger partial charge in [0.25, 0.3) is 0 Å². The molecular weight excluding hydrogens is 224 g/mol. The van der Waals surface area contributed by atoms with E-state index in [1.807, 2.05) is 0 Å². The first kappa shape index (κ1) is 10.6. The third kappa shape index (κ3) is 1.68. The summed E-state index contributed by atoms with van der Waals surface area (Å²) in [5, 5.41) is 18.9. The fourth-order valence-corrected chi connectivity index (χ4v) is 2.07. The molecule has 3 atom stereocenters. The average molecular weight is 236 g/mol. The summed E-state index contributed by atoms with van der Waals surface area (Å²) in [5.74, 6) is 0. The lowest BCUT2D eigenvalue weighted by Crippen LogP contribution is -2.19. The number of nitrogens with zero attached hydrogens (tertiary/aromatic N) is 4. The van der Waals surface area contributed by atoms with Crippen molar-refractivity contribution >= 4 is 11.2 Å². The number of rotatable bonds is 2. The molecule has 2 N–H and O–H groups in total. The third-order valence-corrected chi connectivity index (χ3v) is 2.88. The van der Waals surface area contributed by atoms with Crippen molar-refractivity contribution in [2.45, 2.75) is 24.9 Å². The van der Waals surface area contributed by atoms with Gasteiger partial charge in [0.05, 0.1) is 25.2 Å². The fourth-order valence-electron chi connectivity index (χ4n) is 2.07. The molecule has 3 rings (SSSR count). The van der Waals surface area contributed by atoms with Crippen LogP contribution in [-0.4, -0.2) is 48.5 Å². The van der Waals surface area contributed by atoms with Gasteiger partial charge in [0.15, 0.2) is 11.9 Å². The van der Waals surface area contributed by atoms with Gasteiger partial charge in [-0.2, -0.15) is 0 Å². The molecule has 7 nitrogen and oxygen atoms in total. The van der Waals surface area contributed by atoms with E-state index in [0.717, 1.165) is 0 Å². The van der Waals surface area contributed by atoms with Gasteiger partial charge in [-0.15, -0.1) is 0 Å². The lowest BCUT2D eigenvalue weighted by atomic mass is 10.2. The molecule has 1 aliphatic heterocycles. The van der Waals surface area contributed by atoms with Crippen LogP contribution in [0.5, 0.6) is 0 Å². The number of aliphatic hydroxyl groups is 2. The zero-order valence-electron chi connectivity index (χ0n) is 8.97. The third-order valence-electron chi connectivity index (χ3n) is 2.88. The molecule has 1 fully saturated rings. The fraction of sp³-hybridized carbons (Fsp3) is 0.500. The van der Waals surface area contributed by atoms with Crippen molar-refractivity contribution < 1.29 is 14.9 Å². The molecule has 0 radical (unpaired) electrons. The Morgan fingerprint density at radius 2 is 2.35 bits per heavy atom. The zero-order valence-corrected chi connectivity index (χ0v) is 8.97. The Labute approximate surface area is 96.7 Å². The molecule has 90 valence electrons. The lowest BCUT2D eigenvalue weighted by molar-refractivity contribution is -0.0486. The minimum absolute atomic E-state index is 0.102. The highest BCUT2D eigenvalue weighted by Gasteiger charge is 2.35. The highest BCUT2D eigenvalue weighted by Crippen LogP contribution is 2.30. The van der Waals surface area contributed by atoms with Gasteiger partial charge in [0, 0.05) is 6.42 Å². The normalized spacial score (nSPS) is 28.9. The molecule has 1 saturated heterocycles. The van der Waals surface area contributed by atoms with Gasteiger partial charge in [-0.25, -0.2) is 15.0 Å². The van der Waals surface area contributed by atoms with Crippen LogP contribution in [0.15, 0.2) is 18.9 Å². The highest BCUT2D eigenvalue weighted by molar-refractivity contribution is 5.68. The van der Waals surface area contributed by atoms with Crippen LogP contribution < -0.4 is 0 Å². The number of hydrogen-bond donors (Lipinski definition) is 2. The van der Waals surface area contributed by atoms with E-state index < -0.39 is 12.3 Å². The molecule has 3 heterocycles. The molecule has 2 aromatic rings. The summed E-state index contributed by atoms with van der Waals surface area (Å²) in [4.78, 5) is 12.1. The van der Waals surface area contributed by atoms with Crippen molar-refractivity contribution in [3.8, 4) is 0 Å². The Bertz CT molecular complexity index is 529. The summed E-state index contributed by atoms with van der Waals surface area (Å²) in [6, 6.07) is 0. The number of ether oxygens (including phenoxy) is 1. The maximum Gasteiger partial charge on any atom is 0.165 e. The first-order valence-corrected chi connectivity index (χ1v) is 5.36. The van der Waals surface area contributed by atoms with Crippen molar-refractivity contribution in [2.75, 3.05) is 6.61 Å². The van der Waals surface area contributed by atoms with E-state index in [2.05, 4.69) is 15.0 Å². The van der Waals surface area contributed by atoms with Gasteiger partial charge in [0.2, 0.25) is 0 Å². The van der Waals surface area contributed by atoms with Crippen molar-refractivity contribution in [3.05, 3.63) is 18.9 Å². The predicted molar refractivity (Wildman–Crippen MR) is 56.9 cm³/mol. The summed E-state index contributed by atoms with van der Waals surface area (Å²) in [7, 11) is 0. The Kier molecular flexibility index (Phi) is 2.50. The van der Waals surface area contributed by atoms with Crippen LogP contribution in [0.4, 0.5) is 0 Å². The first-order chi connectivity index (χ1) is 8.29. The minimum Gasteiger partial charge on any atom is -0.394 e. The van der Waals surface area contributed by atoms with Crippen LogP contribution in [0.1, 0.15) is 12.6 Å². The summed E-state index contributed by atoms with van der Waals surface area (Å²) < 4.78 is 7.20. The van der Waals surface area contributed by atoms with E-state index in [0.29, 0.717) is 17.6 Å². The van der Waals surface area contributed by atoms with Gasteiger partial charge in [0.1, 0.15) is 17.9 Å². The second-order valence-electron chi connectivity index (χ2n) is 4.02. The summed E-state index contributed by atoms with van der Waals surface area (Å²) in [5.41, 5.74) is 1.26. The standard InChI is InChI=1S/C10H12N4O3/c15-3-6-1-8(16)10(17-6)14-5-13-7-2-11-4-12-9(7)14/h2,4-6,8,10,15-16H,1,3H2/t6-,8+,10+/m0/s1. The van der Waals surface area contributed by atoms with Gasteiger partial charge >= 0.3 is 0 Å². The van der Waals surface area contributed by atoms with E-state index in [9.17, 15) is 5.11 Å². The summed E-state index contributed by atoms with van der Waals surface area (Å²) in [6.45, 7) is -0.102. The number of fused-ring (bicyclic) bond motifs is 1. The van der Waals surface area contributed by atoms with Crippen LogP contribution in [-0.2, 0) is 4.74 Å². The zero-order chi connectivity index (χ0) is 11.8. The number of imidazole rings is 1. The van der Waals surface area contributed by atoms with Gasteiger partial charge in [-0.05, 0) is 0 Å². The molecule has 0 saturated carbocycles. The smallest absolute Gasteiger partial charge is 0.165 e. The molecule has 1 aliphatic rings. The summed E-state index contributed by atoms with van der Waals surface area (Å²) >= 11 is 0. The van der Waals surface area contributed by atoms with Crippen molar-refractivity contribution in [3.63, 3.8) is 0 Å². The molecule has 2 aromatic heterocycles. The largest absolute Gasteiger partial charge is 0.394 e. The molecule has 0 aliphatic carbocycles. The monoisotopic (exact) mass is 236 g/mol. The summed E-state index contributed by atoms with van der Waals surface area (Å²) in [6.07, 6.45) is 3.44. The van der Waals surface area contributed by atoms with E-state index >= 15 is 0 Å². The Morgan fingerprint density at radius 1 is 1.47 bits per heavy atom. The number of aromatic nitrogens is 4. The van der Waals surface area contributed by atoms with E-state index in [1.165, 1.54) is 6.33 Å². The van der Waals surface area contributed by atoms with Crippen LogP contribution in [0, 0.1) is 0 Å². The Balaban J connectivity index is 1.99. The van der Waals surface area contributed by atoms with Crippen LogP contribution in [0.3, 0.4) is 0 Å². The van der Waals surface area contributed by atoms with E-state index in [-0.39, 0.29) is 12.7 Å². The number of hydrogen-bond acceptors (Lipinski definition) is 6. The van der Waals surface area contributed by atoms with E-state index in [1.54, 1.807) is 17.1 Å². The van der Waals surface area contributed by atoms with Crippen molar-refractivity contribution in [2.24, 2.45) is 0 Å². The molecular formula is C10H12N4O3. The van der Waals surface area contributed by atoms with Crippen LogP contribution in [0.2, 0.25) is 0 Å². The molecule has 0 amide bonds. The Hall–Kier alpha value is -1.57. The molecule has 0 bridgehead atoms. The number of aliphatic hydroxyl groups excluding tert-OH is 2. The van der Waals surface area contributed by atoms with Gasteiger partial charge < -0.3 is 14.9 Å². The van der Waals surface area contributed by atoms with Gasteiger partial charge in [-0.3, -0.25) is 4.57 Å². The van der Waals surface area contributed by atoms with Gasteiger partial charge in [-0.1, -0.05) is 0 Å². The predicted octanol–water partition coefficient (Wildman–Crippen LogP) is -0.533. The minimum atomic E-state index is -0.667. The lowest BCUT2D eigenvalue weighted by Gasteiger charge is -2.16. The van der Waals surface area contributed by atoms with E-state index in [4.69, 9.17) is 9.84 Å². The molecule has 0 aromatic carbocycles. The molecule has 0 spiro atoms. The quantitative estimate of drug-likeness (QED) is 0.728. The highest BCUT2D eigenvalue weighted by atomic mass is 16.5. The topological polar surface area (TPSA) is 93.3 Å².